The van der Waals surface area contributed by atoms with E-state index >= 15 is 0 Å². The monoisotopic (exact) mass is 257 g/mol. The van der Waals surface area contributed by atoms with Crippen molar-refractivity contribution in [3.8, 4) is 0 Å². The standard InChI is InChI=1S/C15H15NO3/c1-15(2)11(16)7-10-13(18)12(17)8-5-3-4-6-9(8)14(10)19-15/h3-6,11H,7,16H2,1-2H3. The highest BCUT2D eigenvalue weighted by atomic mass is 16.5. The molecule has 4 nitrogen and oxygen atoms in total. The van der Waals surface area contributed by atoms with Crippen LogP contribution >= 0.6 is 0 Å². The molecular formula is C15H15NO3. The van der Waals surface area contributed by atoms with Gasteiger partial charge in [0.05, 0.1) is 0 Å². The maximum atomic E-state index is 12.1. The third kappa shape index (κ3) is 1.64. The molecule has 0 saturated heterocycles. The minimum atomic E-state index is -0.549. The average Bonchev–Trinajstić information content (AvgIpc) is 2.38. The van der Waals surface area contributed by atoms with Crippen molar-refractivity contribution in [2.24, 2.45) is 5.73 Å². The van der Waals surface area contributed by atoms with Crippen molar-refractivity contribution in [2.75, 3.05) is 0 Å². The molecule has 0 spiro atoms. The fraction of sp³-hybridized carbons (Fsp3) is 0.333. The van der Waals surface area contributed by atoms with Crippen molar-refractivity contribution >= 4 is 17.3 Å². The molecule has 1 unspecified atom stereocenters. The Kier molecular flexibility index (Phi) is 2.41. The molecule has 0 bridgehead atoms. The van der Waals surface area contributed by atoms with Crippen molar-refractivity contribution in [3.63, 3.8) is 0 Å². The molecule has 1 aromatic rings. The van der Waals surface area contributed by atoms with Gasteiger partial charge in [-0.25, -0.2) is 0 Å². The van der Waals surface area contributed by atoms with Crippen LogP contribution in [0.3, 0.4) is 0 Å². The molecule has 19 heavy (non-hydrogen) atoms. The van der Waals surface area contributed by atoms with Gasteiger partial charge in [0.2, 0.25) is 11.6 Å². The van der Waals surface area contributed by atoms with E-state index < -0.39 is 17.2 Å². The van der Waals surface area contributed by atoms with E-state index in [4.69, 9.17) is 10.5 Å². The normalized spacial score (nSPS) is 24.7. The molecule has 1 atom stereocenters. The van der Waals surface area contributed by atoms with Gasteiger partial charge in [-0.2, -0.15) is 0 Å². The van der Waals surface area contributed by atoms with E-state index in [1.807, 2.05) is 26.0 Å². The van der Waals surface area contributed by atoms with Crippen molar-refractivity contribution < 1.29 is 14.3 Å². The second kappa shape index (κ2) is 3.78. The van der Waals surface area contributed by atoms with Crippen LogP contribution < -0.4 is 5.73 Å². The van der Waals surface area contributed by atoms with Gasteiger partial charge in [-0.1, -0.05) is 24.3 Å². The van der Waals surface area contributed by atoms with E-state index in [0.29, 0.717) is 28.9 Å². The summed E-state index contributed by atoms with van der Waals surface area (Å²) in [5, 5.41) is 0. The van der Waals surface area contributed by atoms with Gasteiger partial charge in [0.1, 0.15) is 11.4 Å². The van der Waals surface area contributed by atoms with E-state index in [1.54, 1.807) is 12.1 Å². The van der Waals surface area contributed by atoms with Gasteiger partial charge in [-0.15, -0.1) is 0 Å². The summed E-state index contributed by atoms with van der Waals surface area (Å²) < 4.78 is 5.92. The number of hydrogen-bond acceptors (Lipinski definition) is 4. The molecule has 1 aromatic carbocycles. The second-order valence-electron chi connectivity index (χ2n) is 5.53. The maximum absolute atomic E-state index is 12.1. The number of ether oxygens (including phenoxy) is 1. The van der Waals surface area contributed by atoms with E-state index in [-0.39, 0.29) is 6.04 Å². The van der Waals surface area contributed by atoms with Gasteiger partial charge in [-0.3, -0.25) is 9.59 Å². The number of benzene rings is 1. The summed E-state index contributed by atoms with van der Waals surface area (Å²) in [4.78, 5) is 24.2. The largest absolute Gasteiger partial charge is 0.485 e. The summed E-state index contributed by atoms with van der Waals surface area (Å²) in [5.41, 5.74) is 7.00. The smallest absolute Gasteiger partial charge is 0.234 e. The van der Waals surface area contributed by atoms with Crippen LogP contribution in [-0.4, -0.2) is 23.2 Å². The molecule has 0 aromatic heterocycles. The Balaban J connectivity index is 2.23. The SMILES string of the molecule is CC1(C)OC2=C(CC1N)C(=O)C(=O)c1ccccc12. The summed E-state index contributed by atoms with van der Waals surface area (Å²) in [6.07, 6.45) is 0.376. The third-order valence-corrected chi connectivity index (χ3v) is 3.85. The lowest BCUT2D eigenvalue weighted by Crippen LogP contribution is -2.49. The number of rotatable bonds is 0. The average molecular weight is 257 g/mol. The van der Waals surface area contributed by atoms with Gasteiger partial charge in [0.25, 0.3) is 0 Å². The van der Waals surface area contributed by atoms with Gasteiger partial charge in [0.15, 0.2) is 0 Å². The fourth-order valence-electron chi connectivity index (χ4n) is 2.51. The Hall–Kier alpha value is -1.94. The first kappa shape index (κ1) is 12.1. The molecule has 3 rings (SSSR count). The number of hydrogen-bond donors (Lipinski definition) is 1. The van der Waals surface area contributed by atoms with Crippen molar-refractivity contribution in [2.45, 2.75) is 31.9 Å². The molecule has 1 aliphatic heterocycles. The van der Waals surface area contributed by atoms with Crippen molar-refractivity contribution in [3.05, 3.63) is 41.0 Å². The van der Waals surface area contributed by atoms with Crippen LogP contribution in [0.5, 0.6) is 0 Å². The summed E-state index contributed by atoms with van der Waals surface area (Å²) in [6, 6.07) is 6.74. The molecule has 0 radical (unpaired) electrons. The minimum Gasteiger partial charge on any atom is -0.485 e. The first-order chi connectivity index (χ1) is 8.92. The zero-order valence-corrected chi connectivity index (χ0v) is 10.9. The number of ketones is 2. The zero-order valence-electron chi connectivity index (χ0n) is 10.9. The lowest BCUT2D eigenvalue weighted by Gasteiger charge is -2.40. The molecule has 2 N–H and O–H groups in total. The Morgan fingerprint density at radius 2 is 1.79 bits per heavy atom. The number of fused-ring (bicyclic) bond motifs is 2. The van der Waals surface area contributed by atoms with Gasteiger partial charge in [-0.05, 0) is 20.3 Å². The minimum absolute atomic E-state index is 0.298. The predicted molar refractivity (Wildman–Crippen MR) is 70.5 cm³/mol. The maximum Gasteiger partial charge on any atom is 0.234 e. The first-order valence-electron chi connectivity index (χ1n) is 6.28. The molecule has 4 heteroatoms. The first-order valence-corrected chi connectivity index (χ1v) is 6.28. The number of carbonyl (C=O) groups is 2. The lowest BCUT2D eigenvalue weighted by molar-refractivity contribution is -0.112. The van der Waals surface area contributed by atoms with Crippen molar-refractivity contribution in [1.29, 1.82) is 0 Å². The topological polar surface area (TPSA) is 69.4 Å². The molecule has 0 saturated carbocycles. The van der Waals surface area contributed by atoms with Crippen LogP contribution in [0.15, 0.2) is 29.8 Å². The summed E-state index contributed by atoms with van der Waals surface area (Å²) >= 11 is 0. The number of nitrogens with two attached hydrogens (primary N) is 1. The van der Waals surface area contributed by atoms with Crippen molar-refractivity contribution in [1.82, 2.24) is 0 Å². The van der Waals surface area contributed by atoms with E-state index in [1.165, 1.54) is 0 Å². The Morgan fingerprint density at radius 1 is 1.16 bits per heavy atom. The fourth-order valence-corrected chi connectivity index (χ4v) is 2.51. The second-order valence-corrected chi connectivity index (χ2v) is 5.53. The van der Waals surface area contributed by atoms with Crippen LogP contribution in [0.1, 0.15) is 36.2 Å². The predicted octanol–water partition coefficient (Wildman–Crippen LogP) is 1.69. The van der Waals surface area contributed by atoms with Crippen LogP contribution in [0, 0.1) is 0 Å². The van der Waals surface area contributed by atoms with Crippen LogP contribution in [0.25, 0.3) is 5.76 Å². The molecule has 0 amide bonds. The molecule has 1 heterocycles. The summed E-state index contributed by atoms with van der Waals surface area (Å²) in [7, 11) is 0. The van der Waals surface area contributed by atoms with Crippen LogP contribution in [0.2, 0.25) is 0 Å². The van der Waals surface area contributed by atoms with E-state index in [0.717, 1.165) is 0 Å². The Bertz CT molecular complexity index is 628. The Morgan fingerprint density at radius 3 is 2.47 bits per heavy atom. The third-order valence-electron chi connectivity index (χ3n) is 3.85. The highest BCUT2D eigenvalue weighted by Crippen LogP contribution is 2.40. The Labute approximate surface area is 111 Å². The summed E-state index contributed by atoms with van der Waals surface area (Å²) in [5.74, 6) is -0.434. The molecular weight excluding hydrogens is 242 g/mol. The van der Waals surface area contributed by atoms with Gasteiger partial charge < -0.3 is 10.5 Å². The summed E-state index contributed by atoms with van der Waals surface area (Å²) in [6.45, 7) is 3.79. The molecule has 98 valence electrons. The molecule has 2 aliphatic rings. The molecule has 0 fully saturated rings. The number of carbonyl (C=O) groups excluding carboxylic acids is 2. The van der Waals surface area contributed by atoms with E-state index in [9.17, 15) is 9.59 Å². The van der Waals surface area contributed by atoms with Gasteiger partial charge in [0, 0.05) is 22.7 Å². The zero-order chi connectivity index (χ0) is 13.8. The quantitative estimate of drug-likeness (QED) is 0.718. The van der Waals surface area contributed by atoms with E-state index in [2.05, 4.69) is 0 Å². The number of Topliss-reactive ketones (excluding diaryl/α,β-unsaturated/α-hetero) is 2. The van der Waals surface area contributed by atoms with Crippen LogP contribution in [0.4, 0.5) is 0 Å². The molecule has 1 aliphatic carbocycles. The van der Waals surface area contributed by atoms with Crippen LogP contribution in [-0.2, 0) is 9.53 Å². The van der Waals surface area contributed by atoms with Gasteiger partial charge >= 0.3 is 0 Å². The lowest BCUT2D eigenvalue weighted by atomic mass is 9.80. The highest BCUT2D eigenvalue weighted by molar-refractivity contribution is 6.52. The highest BCUT2D eigenvalue weighted by Gasteiger charge is 2.43.